The number of carbonyl (C=O) groups is 1. The molecular formula is C19H30N2O2. The molecule has 1 aromatic carbocycles. The molecular weight excluding hydrogens is 288 g/mol. The molecule has 0 aromatic heterocycles. The molecule has 0 spiro atoms. The standard InChI is InChI=1S/C19H30N2O2/c1-23-18-11-7-6-8-16(18)12-13-19(22)21-15-14-20-17-9-4-2-3-5-10-17/h6-8,11,17,20H,2-5,9-10,12-15H2,1H3,(H,21,22). The lowest BCUT2D eigenvalue weighted by atomic mass is 10.1. The maximum Gasteiger partial charge on any atom is 0.220 e. The van der Waals surface area contributed by atoms with Gasteiger partial charge in [-0.05, 0) is 30.9 Å². The second-order valence-corrected chi connectivity index (χ2v) is 6.30. The molecule has 0 saturated heterocycles. The van der Waals surface area contributed by atoms with Gasteiger partial charge in [-0.15, -0.1) is 0 Å². The molecule has 1 amide bonds. The number of aryl methyl sites for hydroxylation is 1. The van der Waals surface area contributed by atoms with Crippen LogP contribution in [0.3, 0.4) is 0 Å². The highest BCUT2D eigenvalue weighted by atomic mass is 16.5. The van der Waals surface area contributed by atoms with Crippen LogP contribution in [0, 0.1) is 0 Å². The maximum absolute atomic E-state index is 11.9. The predicted molar refractivity (Wildman–Crippen MR) is 93.8 cm³/mol. The zero-order valence-corrected chi connectivity index (χ0v) is 14.3. The molecule has 1 saturated carbocycles. The number of amides is 1. The van der Waals surface area contributed by atoms with Gasteiger partial charge in [0.05, 0.1) is 7.11 Å². The molecule has 2 rings (SSSR count). The summed E-state index contributed by atoms with van der Waals surface area (Å²) in [5, 5.41) is 6.58. The summed E-state index contributed by atoms with van der Waals surface area (Å²) in [6.45, 7) is 1.58. The fraction of sp³-hybridized carbons (Fsp3) is 0.632. The minimum atomic E-state index is 0.110. The highest BCUT2D eigenvalue weighted by molar-refractivity contribution is 5.76. The van der Waals surface area contributed by atoms with Crippen molar-refractivity contribution in [2.75, 3.05) is 20.2 Å². The van der Waals surface area contributed by atoms with Gasteiger partial charge in [0.15, 0.2) is 0 Å². The summed E-state index contributed by atoms with van der Waals surface area (Å²) < 4.78 is 5.31. The molecule has 4 nitrogen and oxygen atoms in total. The summed E-state index contributed by atoms with van der Waals surface area (Å²) in [7, 11) is 1.66. The van der Waals surface area contributed by atoms with E-state index in [2.05, 4.69) is 10.6 Å². The smallest absolute Gasteiger partial charge is 0.220 e. The van der Waals surface area contributed by atoms with Crippen molar-refractivity contribution in [2.24, 2.45) is 0 Å². The largest absolute Gasteiger partial charge is 0.496 e. The van der Waals surface area contributed by atoms with Gasteiger partial charge in [-0.2, -0.15) is 0 Å². The second kappa shape index (κ2) is 10.3. The number of hydrogen-bond acceptors (Lipinski definition) is 3. The number of nitrogens with one attached hydrogen (secondary N) is 2. The Bertz CT molecular complexity index is 468. The number of benzene rings is 1. The first-order valence-corrected chi connectivity index (χ1v) is 8.91. The lowest BCUT2D eigenvalue weighted by Gasteiger charge is -2.16. The number of rotatable bonds is 8. The van der Waals surface area contributed by atoms with Gasteiger partial charge in [0.1, 0.15) is 5.75 Å². The Hall–Kier alpha value is -1.55. The molecule has 0 bridgehead atoms. The van der Waals surface area contributed by atoms with E-state index in [1.54, 1.807) is 7.11 Å². The van der Waals surface area contributed by atoms with Crippen LogP contribution in [-0.4, -0.2) is 32.1 Å². The fourth-order valence-electron chi connectivity index (χ4n) is 3.21. The van der Waals surface area contributed by atoms with E-state index in [4.69, 9.17) is 4.74 Å². The van der Waals surface area contributed by atoms with Gasteiger partial charge in [0, 0.05) is 25.6 Å². The first kappa shape index (κ1) is 17.8. The highest BCUT2D eigenvalue weighted by Crippen LogP contribution is 2.19. The summed E-state index contributed by atoms with van der Waals surface area (Å²) in [6, 6.07) is 8.51. The Morgan fingerprint density at radius 2 is 1.87 bits per heavy atom. The van der Waals surface area contributed by atoms with Gasteiger partial charge in [0.25, 0.3) is 0 Å². The van der Waals surface area contributed by atoms with Crippen LogP contribution in [0.15, 0.2) is 24.3 Å². The molecule has 23 heavy (non-hydrogen) atoms. The van der Waals surface area contributed by atoms with E-state index in [9.17, 15) is 4.79 Å². The van der Waals surface area contributed by atoms with Crippen LogP contribution < -0.4 is 15.4 Å². The van der Waals surface area contributed by atoms with Crippen LogP contribution >= 0.6 is 0 Å². The molecule has 128 valence electrons. The average Bonchev–Trinajstić information content (AvgIpc) is 2.86. The van der Waals surface area contributed by atoms with Crippen molar-refractivity contribution in [2.45, 2.75) is 57.4 Å². The number of methoxy groups -OCH3 is 1. The van der Waals surface area contributed by atoms with Gasteiger partial charge < -0.3 is 15.4 Å². The molecule has 4 heteroatoms. The third-order valence-electron chi connectivity index (χ3n) is 4.55. The van der Waals surface area contributed by atoms with Crippen LogP contribution in [0.5, 0.6) is 5.75 Å². The number of para-hydroxylation sites is 1. The Kier molecular flexibility index (Phi) is 7.95. The van der Waals surface area contributed by atoms with Gasteiger partial charge in [-0.1, -0.05) is 43.9 Å². The first-order valence-electron chi connectivity index (χ1n) is 8.91. The quantitative estimate of drug-likeness (QED) is 0.572. The van der Waals surface area contributed by atoms with Crippen molar-refractivity contribution in [3.63, 3.8) is 0 Å². The number of carbonyl (C=O) groups excluding carboxylic acids is 1. The van der Waals surface area contributed by atoms with Crippen LogP contribution in [0.4, 0.5) is 0 Å². The van der Waals surface area contributed by atoms with E-state index in [1.807, 2.05) is 24.3 Å². The molecule has 1 aliphatic carbocycles. The topological polar surface area (TPSA) is 50.4 Å². The van der Waals surface area contributed by atoms with Crippen molar-refractivity contribution in [3.05, 3.63) is 29.8 Å². The van der Waals surface area contributed by atoms with E-state index >= 15 is 0 Å². The van der Waals surface area contributed by atoms with Crippen molar-refractivity contribution in [3.8, 4) is 5.75 Å². The van der Waals surface area contributed by atoms with Crippen LogP contribution in [-0.2, 0) is 11.2 Å². The van der Waals surface area contributed by atoms with Gasteiger partial charge in [-0.25, -0.2) is 0 Å². The first-order chi connectivity index (χ1) is 11.3. The number of ether oxygens (including phenoxy) is 1. The monoisotopic (exact) mass is 318 g/mol. The van der Waals surface area contributed by atoms with E-state index in [0.717, 1.165) is 17.9 Å². The second-order valence-electron chi connectivity index (χ2n) is 6.30. The zero-order chi connectivity index (χ0) is 16.3. The summed E-state index contributed by atoms with van der Waals surface area (Å²) in [5.74, 6) is 0.967. The average molecular weight is 318 g/mol. The molecule has 1 aliphatic rings. The summed E-state index contributed by atoms with van der Waals surface area (Å²) >= 11 is 0. The Morgan fingerprint density at radius 1 is 1.13 bits per heavy atom. The van der Waals surface area contributed by atoms with E-state index in [-0.39, 0.29) is 5.91 Å². The van der Waals surface area contributed by atoms with Crippen molar-refractivity contribution < 1.29 is 9.53 Å². The normalized spacial score (nSPS) is 15.9. The van der Waals surface area contributed by atoms with Gasteiger partial charge >= 0.3 is 0 Å². The highest BCUT2D eigenvalue weighted by Gasteiger charge is 2.11. The molecule has 0 atom stereocenters. The molecule has 1 fully saturated rings. The molecule has 0 unspecified atom stereocenters. The van der Waals surface area contributed by atoms with E-state index < -0.39 is 0 Å². The van der Waals surface area contributed by atoms with Gasteiger partial charge in [0.2, 0.25) is 5.91 Å². The predicted octanol–water partition coefficient (Wildman–Crippen LogP) is 3.06. The Labute approximate surface area is 140 Å². The van der Waals surface area contributed by atoms with Crippen molar-refractivity contribution in [1.82, 2.24) is 10.6 Å². The zero-order valence-electron chi connectivity index (χ0n) is 14.3. The fourth-order valence-corrected chi connectivity index (χ4v) is 3.21. The minimum absolute atomic E-state index is 0.110. The summed E-state index contributed by atoms with van der Waals surface area (Å²) in [5.41, 5.74) is 1.08. The lowest BCUT2D eigenvalue weighted by Crippen LogP contribution is -2.36. The van der Waals surface area contributed by atoms with E-state index in [1.165, 1.54) is 38.5 Å². The maximum atomic E-state index is 11.9. The Balaban J connectivity index is 1.59. The third kappa shape index (κ3) is 6.61. The molecule has 0 heterocycles. The van der Waals surface area contributed by atoms with Crippen molar-refractivity contribution in [1.29, 1.82) is 0 Å². The molecule has 0 aliphatic heterocycles. The van der Waals surface area contributed by atoms with Crippen molar-refractivity contribution >= 4 is 5.91 Å². The summed E-state index contributed by atoms with van der Waals surface area (Å²) in [6.07, 6.45) is 9.20. The molecule has 2 N–H and O–H groups in total. The van der Waals surface area contributed by atoms with Crippen LogP contribution in [0.25, 0.3) is 0 Å². The summed E-state index contributed by atoms with van der Waals surface area (Å²) in [4.78, 5) is 11.9. The SMILES string of the molecule is COc1ccccc1CCC(=O)NCCNC1CCCCCC1. The third-order valence-corrected chi connectivity index (χ3v) is 4.55. The van der Waals surface area contributed by atoms with E-state index in [0.29, 0.717) is 25.4 Å². The molecule has 1 aromatic rings. The lowest BCUT2D eigenvalue weighted by molar-refractivity contribution is -0.121. The van der Waals surface area contributed by atoms with Crippen LogP contribution in [0.2, 0.25) is 0 Å². The number of hydrogen-bond donors (Lipinski definition) is 2. The molecule has 0 radical (unpaired) electrons. The van der Waals surface area contributed by atoms with Crippen LogP contribution in [0.1, 0.15) is 50.5 Å². The van der Waals surface area contributed by atoms with Gasteiger partial charge in [-0.3, -0.25) is 4.79 Å². The minimum Gasteiger partial charge on any atom is -0.496 e. The Morgan fingerprint density at radius 3 is 2.61 bits per heavy atom.